The number of nitrogens with one attached hydrogen (secondary N) is 2. The molecule has 1 saturated carbocycles. The standard InChI is InChI=1S/C20H41N5O.HI/c1-20(2,25-11-13-26-14-12-25)16-23-19(21-3)22-15-18(24(4)5)17-9-7-6-8-10-17;/h17-18H,6-16H2,1-5H3,(H2,21,22,23);1H. The molecule has 0 aromatic heterocycles. The first-order valence-electron chi connectivity index (χ1n) is 10.4. The molecule has 0 amide bonds. The van der Waals surface area contributed by atoms with Crippen molar-refractivity contribution in [3.63, 3.8) is 0 Å². The Morgan fingerprint density at radius 1 is 1.15 bits per heavy atom. The highest BCUT2D eigenvalue weighted by Gasteiger charge is 2.29. The van der Waals surface area contributed by atoms with Crippen molar-refractivity contribution in [1.82, 2.24) is 20.4 Å². The van der Waals surface area contributed by atoms with Crippen LogP contribution in [0, 0.1) is 5.92 Å². The van der Waals surface area contributed by atoms with Gasteiger partial charge in [-0.05, 0) is 46.7 Å². The van der Waals surface area contributed by atoms with Gasteiger partial charge >= 0.3 is 0 Å². The Hall–Kier alpha value is -0.120. The summed E-state index contributed by atoms with van der Waals surface area (Å²) in [5.41, 5.74) is 0.0890. The highest BCUT2D eigenvalue weighted by molar-refractivity contribution is 14.0. The molecule has 0 aromatic carbocycles. The third kappa shape index (κ3) is 8.03. The number of hydrogen-bond donors (Lipinski definition) is 2. The summed E-state index contributed by atoms with van der Waals surface area (Å²) in [6.45, 7) is 10.1. The Morgan fingerprint density at radius 3 is 2.33 bits per heavy atom. The molecule has 1 aliphatic heterocycles. The van der Waals surface area contributed by atoms with E-state index >= 15 is 0 Å². The van der Waals surface area contributed by atoms with Gasteiger partial charge in [0.2, 0.25) is 0 Å². The van der Waals surface area contributed by atoms with Crippen LogP contribution in [-0.4, -0.2) is 87.9 Å². The average Bonchev–Trinajstić information content (AvgIpc) is 2.65. The summed E-state index contributed by atoms with van der Waals surface area (Å²) >= 11 is 0. The first-order valence-corrected chi connectivity index (χ1v) is 10.4. The largest absolute Gasteiger partial charge is 0.379 e. The Kier molecular flexibility index (Phi) is 11.5. The van der Waals surface area contributed by atoms with Crippen molar-refractivity contribution in [2.24, 2.45) is 10.9 Å². The van der Waals surface area contributed by atoms with Crippen LogP contribution in [0.15, 0.2) is 4.99 Å². The molecule has 0 aromatic rings. The Labute approximate surface area is 183 Å². The molecule has 27 heavy (non-hydrogen) atoms. The van der Waals surface area contributed by atoms with Crippen LogP contribution in [0.25, 0.3) is 0 Å². The van der Waals surface area contributed by atoms with Crippen LogP contribution in [-0.2, 0) is 4.74 Å². The zero-order chi connectivity index (χ0) is 19.0. The second-order valence-corrected chi connectivity index (χ2v) is 8.65. The van der Waals surface area contributed by atoms with Crippen LogP contribution in [0.3, 0.4) is 0 Å². The van der Waals surface area contributed by atoms with E-state index in [4.69, 9.17) is 4.74 Å². The average molecular weight is 495 g/mol. The van der Waals surface area contributed by atoms with Gasteiger partial charge in [0.05, 0.1) is 13.2 Å². The Bertz CT molecular complexity index is 432. The van der Waals surface area contributed by atoms with E-state index in [0.29, 0.717) is 6.04 Å². The summed E-state index contributed by atoms with van der Waals surface area (Å²) in [5.74, 6) is 1.71. The number of likely N-dealkylation sites (N-methyl/N-ethyl adjacent to an activating group) is 1. The van der Waals surface area contributed by atoms with E-state index < -0.39 is 0 Å². The molecular weight excluding hydrogens is 453 g/mol. The number of nitrogens with zero attached hydrogens (tertiary/aromatic N) is 3. The highest BCUT2D eigenvalue weighted by Crippen LogP contribution is 2.28. The first kappa shape index (κ1) is 24.9. The van der Waals surface area contributed by atoms with Gasteiger partial charge in [-0.3, -0.25) is 9.89 Å². The zero-order valence-electron chi connectivity index (χ0n) is 18.1. The van der Waals surface area contributed by atoms with Gasteiger partial charge in [-0.1, -0.05) is 19.3 Å². The van der Waals surface area contributed by atoms with Crippen LogP contribution in [0.1, 0.15) is 46.0 Å². The summed E-state index contributed by atoms with van der Waals surface area (Å²) in [7, 11) is 6.28. The number of rotatable bonds is 7. The minimum atomic E-state index is 0. The second kappa shape index (κ2) is 12.4. The maximum Gasteiger partial charge on any atom is 0.191 e. The van der Waals surface area contributed by atoms with Crippen molar-refractivity contribution in [3.05, 3.63) is 0 Å². The molecule has 1 aliphatic carbocycles. The van der Waals surface area contributed by atoms with Crippen molar-refractivity contribution >= 4 is 29.9 Å². The number of ether oxygens (including phenoxy) is 1. The smallest absolute Gasteiger partial charge is 0.191 e. The number of guanidine groups is 1. The fourth-order valence-corrected chi connectivity index (χ4v) is 4.29. The molecule has 1 atom stereocenters. The molecule has 2 aliphatic rings. The van der Waals surface area contributed by atoms with Crippen LogP contribution < -0.4 is 10.6 Å². The molecule has 7 heteroatoms. The maximum absolute atomic E-state index is 5.48. The van der Waals surface area contributed by atoms with E-state index in [2.05, 4.69) is 53.4 Å². The Morgan fingerprint density at radius 2 is 1.78 bits per heavy atom. The first-order chi connectivity index (χ1) is 12.4. The van der Waals surface area contributed by atoms with E-state index in [1.807, 2.05) is 7.05 Å². The number of aliphatic imine (C=N–C) groups is 1. The lowest BCUT2D eigenvalue weighted by atomic mass is 9.83. The van der Waals surface area contributed by atoms with E-state index in [-0.39, 0.29) is 29.5 Å². The lowest BCUT2D eigenvalue weighted by Crippen LogP contribution is -2.57. The SMILES string of the molecule is CN=C(NCC(C1CCCCC1)N(C)C)NCC(C)(C)N1CCOCC1.I. The van der Waals surface area contributed by atoms with Crippen molar-refractivity contribution in [2.75, 3.05) is 60.5 Å². The molecule has 2 N–H and O–H groups in total. The van der Waals surface area contributed by atoms with E-state index in [0.717, 1.165) is 51.3 Å². The van der Waals surface area contributed by atoms with Gasteiger partial charge in [-0.15, -0.1) is 24.0 Å². The topological polar surface area (TPSA) is 52.1 Å². The quantitative estimate of drug-likeness (QED) is 0.323. The number of morpholine rings is 1. The van der Waals surface area contributed by atoms with Gasteiger partial charge in [0.25, 0.3) is 0 Å². The van der Waals surface area contributed by atoms with Gasteiger partial charge in [0, 0.05) is 44.8 Å². The molecule has 6 nitrogen and oxygen atoms in total. The van der Waals surface area contributed by atoms with Gasteiger partial charge in [-0.25, -0.2) is 0 Å². The molecule has 2 rings (SSSR count). The molecule has 0 spiro atoms. The minimum absolute atomic E-state index is 0. The van der Waals surface area contributed by atoms with Crippen LogP contribution in [0.2, 0.25) is 0 Å². The van der Waals surface area contributed by atoms with Crippen molar-refractivity contribution < 1.29 is 4.74 Å². The molecule has 1 saturated heterocycles. The van der Waals surface area contributed by atoms with Crippen molar-refractivity contribution in [3.8, 4) is 0 Å². The fraction of sp³-hybridized carbons (Fsp3) is 0.950. The van der Waals surface area contributed by atoms with Gasteiger partial charge in [0.15, 0.2) is 5.96 Å². The van der Waals surface area contributed by atoms with Crippen molar-refractivity contribution in [2.45, 2.75) is 57.5 Å². The number of hydrogen-bond acceptors (Lipinski definition) is 4. The maximum atomic E-state index is 5.48. The molecular formula is C20H42IN5O. The van der Waals surface area contributed by atoms with E-state index in [9.17, 15) is 0 Å². The predicted octanol–water partition coefficient (Wildman–Crippen LogP) is 2.39. The summed E-state index contributed by atoms with van der Waals surface area (Å²) in [5, 5.41) is 7.12. The summed E-state index contributed by atoms with van der Waals surface area (Å²) in [4.78, 5) is 9.33. The van der Waals surface area contributed by atoms with E-state index in [1.54, 1.807) is 0 Å². The normalized spacial score (nSPS) is 21.6. The monoisotopic (exact) mass is 495 g/mol. The van der Waals surface area contributed by atoms with E-state index in [1.165, 1.54) is 32.1 Å². The van der Waals surface area contributed by atoms with Crippen LogP contribution >= 0.6 is 24.0 Å². The fourth-order valence-electron chi connectivity index (χ4n) is 4.29. The molecule has 160 valence electrons. The van der Waals surface area contributed by atoms with Crippen LogP contribution in [0.4, 0.5) is 0 Å². The minimum Gasteiger partial charge on any atom is -0.379 e. The van der Waals surface area contributed by atoms with Gasteiger partial charge < -0.3 is 20.3 Å². The molecule has 1 heterocycles. The van der Waals surface area contributed by atoms with Crippen molar-refractivity contribution in [1.29, 1.82) is 0 Å². The third-order valence-electron chi connectivity index (χ3n) is 6.12. The summed E-state index contributed by atoms with van der Waals surface area (Å²) < 4.78 is 5.48. The second-order valence-electron chi connectivity index (χ2n) is 8.65. The van der Waals surface area contributed by atoms with Crippen LogP contribution in [0.5, 0.6) is 0 Å². The molecule has 2 fully saturated rings. The third-order valence-corrected chi connectivity index (χ3v) is 6.12. The number of halogens is 1. The molecule has 0 bridgehead atoms. The molecule has 0 radical (unpaired) electrons. The van der Waals surface area contributed by atoms with Gasteiger partial charge in [0.1, 0.15) is 0 Å². The molecule has 1 unspecified atom stereocenters. The summed E-state index contributed by atoms with van der Waals surface area (Å²) in [6, 6.07) is 0.570. The lowest BCUT2D eigenvalue weighted by Gasteiger charge is -2.41. The lowest BCUT2D eigenvalue weighted by molar-refractivity contribution is -0.00834. The summed E-state index contributed by atoms with van der Waals surface area (Å²) in [6.07, 6.45) is 6.90. The predicted molar refractivity (Wildman–Crippen MR) is 125 cm³/mol. The Balaban J connectivity index is 0.00000364. The van der Waals surface area contributed by atoms with Gasteiger partial charge in [-0.2, -0.15) is 0 Å². The zero-order valence-corrected chi connectivity index (χ0v) is 20.4. The highest BCUT2D eigenvalue weighted by atomic mass is 127.